The molecule has 0 unspecified atom stereocenters. The number of benzene rings is 1. The highest BCUT2D eigenvalue weighted by atomic mass is 35.5. The molecule has 1 aliphatic carbocycles. The van der Waals surface area contributed by atoms with Crippen LogP contribution in [0.2, 0.25) is 10.0 Å². The van der Waals surface area contributed by atoms with Gasteiger partial charge in [0.2, 0.25) is 5.95 Å². The minimum Gasteiger partial charge on any atom is -0.351 e. The van der Waals surface area contributed by atoms with E-state index in [1.54, 1.807) is 0 Å². The zero-order valence-corrected chi connectivity index (χ0v) is 13.4. The van der Waals surface area contributed by atoms with Crippen LogP contribution in [0.1, 0.15) is 17.0 Å². The maximum atomic E-state index is 13.2. The second-order valence-electron chi connectivity index (χ2n) is 5.04. The number of primary amides is 1. The Kier molecular flexibility index (Phi) is 4.05. The third-order valence-corrected chi connectivity index (χ3v) is 4.15. The molecular weight excluding hydrogens is 368 g/mol. The number of anilines is 2. The molecule has 0 saturated heterocycles. The van der Waals surface area contributed by atoms with E-state index in [0.717, 1.165) is 0 Å². The number of alkyl halides is 3. The highest BCUT2D eigenvalue weighted by molar-refractivity contribution is 6.40. The van der Waals surface area contributed by atoms with E-state index in [9.17, 15) is 18.0 Å². The number of rotatable bonds is 2. The molecule has 2 amide bonds. The van der Waals surface area contributed by atoms with Gasteiger partial charge in [0.1, 0.15) is 0 Å². The van der Waals surface area contributed by atoms with E-state index < -0.39 is 23.8 Å². The number of carbonyl (C=O) groups excluding carboxylic acids is 1. The summed E-state index contributed by atoms with van der Waals surface area (Å²) in [6, 6.07) is 3.26. The van der Waals surface area contributed by atoms with Gasteiger partial charge < -0.3 is 5.73 Å². The number of amides is 2. The fraction of sp³-hybridized carbons (Fsp3) is 0.214. The number of halogens is 5. The number of para-hydroxylation sites is 1. The van der Waals surface area contributed by atoms with E-state index in [1.165, 1.54) is 18.2 Å². The maximum absolute atomic E-state index is 13.2. The van der Waals surface area contributed by atoms with Crippen molar-refractivity contribution in [2.45, 2.75) is 19.0 Å². The number of urea groups is 1. The Balaban J connectivity index is 2.22. The molecule has 24 heavy (non-hydrogen) atoms. The Bertz CT molecular complexity index is 821. The lowest BCUT2D eigenvalue weighted by Gasteiger charge is -2.27. The Morgan fingerprint density at radius 1 is 1.17 bits per heavy atom. The Morgan fingerprint density at radius 3 is 2.25 bits per heavy atom. The highest BCUT2D eigenvalue weighted by Crippen LogP contribution is 2.40. The summed E-state index contributed by atoms with van der Waals surface area (Å²) >= 11 is 12.0. The fourth-order valence-electron chi connectivity index (χ4n) is 2.40. The number of nitrogens with zero attached hydrogens (tertiary/aromatic N) is 3. The van der Waals surface area contributed by atoms with Crippen LogP contribution in [-0.4, -0.2) is 16.0 Å². The third kappa shape index (κ3) is 2.76. The Labute approximate surface area is 144 Å². The van der Waals surface area contributed by atoms with Crippen LogP contribution in [0.5, 0.6) is 0 Å². The Morgan fingerprint density at radius 2 is 1.79 bits per heavy atom. The standard InChI is InChI=1S/C14H9Cl2F3N4O/c15-7-2-1-3-8(16)10(7)23(12(20)24)13-21-9-5-4-6(9)11(22-13)14(17,18)19/h1-3H,4-5H2,(H2,20,24). The molecule has 0 radical (unpaired) electrons. The number of aryl methyl sites for hydroxylation is 1. The molecule has 2 aromatic rings. The van der Waals surface area contributed by atoms with Gasteiger partial charge in [-0.2, -0.15) is 13.2 Å². The summed E-state index contributed by atoms with van der Waals surface area (Å²) in [6.07, 6.45) is -4.08. The zero-order chi connectivity index (χ0) is 17.6. The molecule has 1 aliphatic rings. The van der Waals surface area contributed by atoms with Crippen LogP contribution in [0.3, 0.4) is 0 Å². The predicted octanol–water partition coefficient (Wildman–Crippen LogP) is 4.12. The van der Waals surface area contributed by atoms with Crippen LogP contribution in [0, 0.1) is 0 Å². The summed E-state index contributed by atoms with van der Waals surface area (Å²) < 4.78 is 39.6. The summed E-state index contributed by atoms with van der Waals surface area (Å²) in [6.45, 7) is 0. The van der Waals surface area contributed by atoms with Gasteiger partial charge in [-0.25, -0.2) is 19.7 Å². The molecule has 0 saturated carbocycles. The normalized spacial score (nSPS) is 13.2. The molecule has 0 atom stereocenters. The number of hydrogen-bond acceptors (Lipinski definition) is 3. The minimum atomic E-state index is -4.67. The van der Waals surface area contributed by atoms with E-state index in [-0.39, 0.29) is 33.4 Å². The largest absolute Gasteiger partial charge is 0.433 e. The van der Waals surface area contributed by atoms with Gasteiger partial charge in [0.15, 0.2) is 5.69 Å². The SMILES string of the molecule is NC(=O)N(c1nc2c(c(C(F)(F)F)n1)CC2)c1c(Cl)cccc1Cl. The maximum Gasteiger partial charge on any atom is 0.433 e. The average molecular weight is 377 g/mol. The number of hydrogen-bond donors (Lipinski definition) is 1. The van der Waals surface area contributed by atoms with Crippen molar-refractivity contribution in [3.8, 4) is 0 Å². The van der Waals surface area contributed by atoms with Crippen molar-refractivity contribution in [3.05, 3.63) is 45.2 Å². The fourth-order valence-corrected chi connectivity index (χ4v) is 2.97. The number of aromatic nitrogens is 2. The van der Waals surface area contributed by atoms with Crippen molar-refractivity contribution in [2.75, 3.05) is 4.90 Å². The van der Waals surface area contributed by atoms with Crippen molar-refractivity contribution in [1.82, 2.24) is 9.97 Å². The number of carbonyl (C=O) groups is 1. The van der Waals surface area contributed by atoms with Crippen molar-refractivity contribution in [2.24, 2.45) is 5.73 Å². The van der Waals surface area contributed by atoms with E-state index in [1.807, 2.05) is 0 Å². The van der Waals surface area contributed by atoms with Crippen LogP contribution < -0.4 is 10.6 Å². The molecule has 126 valence electrons. The summed E-state index contributed by atoms with van der Waals surface area (Å²) in [4.78, 5) is 20.0. The molecule has 3 rings (SSSR count). The molecular formula is C14H9Cl2F3N4O. The molecule has 0 aliphatic heterocycles. The second-order valence-corrected chi connectivity index (χ2v) is 5.85. The third-order valence-electron chi connectivity index (χ3n) is 3.54. The van der Waals surface area contributed by atoms with Gasteiger partial charge in [0.25, 0.3) is 0 Å². The second kappa shape index (κ2) is 5.78. The minimum absolute atomic E-state index is 0.0286. The number of fused-ring (bicyclic) bond motifs is 1. The monoisotopic (exact) mass is 376 g/mol. The molecule has 0 fully saturated rings. The van der Waals surface area contributed by atoms with Gasteiger partial charge in [-0.05, 0) is 25.0 Å². The van der Waals surface area contributed by atoms with Gasteiger partial charge in [0.05, 0.1) is 21.4 Å². The average Bonchev–Trinajstić information content (AvgIpc) is 2.43. The van der Waals surface area contributed by atoms with Gasteiger partial charge in [-0.3, -0.25) is 0 Å². The zero-order valence-electron chi connectivity index (χ0n) is 11.9. The predicted molar refractivity (Wildman–Crippen MR) is 82.6 cm³/mol. The summed E-state index contributed by atoms with van der Waals surface area (Å²) in [5, 5.41) is 0.0577. The molecule has 10 heteroatoms. The van der Waals surface area contributed by atoms with E-state index in [2.05, 4.69) is 9.97 Å². The van der Waals surface area contributed by atoms with Crippen LogP contribution in [-0.2, 0) is 19.0 Å². The van der Waals surface area contributed by atoms with Gasteiger partial charge in [-0.1, -0.05) is 29.3 Å². The lowest BCUT2D eigenvalue weighted by Crippen LogP contribution is -2.35. The molecule has 0 spiro atoms. The van der Waals surface area contributed by atoms with Crippen LogP contribution in [0.25, 0.3) is 0 Å². The Hall–Kier alpha value is -2.06. The molecule has 0 bridgehead atoms. The van der Waals surface area contributed by atoms with Gasteiger partial charge >= 0.3 is 12.2 Å². The van der Waals surface area contributed by atoms with Crippen molar-refractivity contribution in [1.29, 1.82) is 0 Å². The lowest BCUT2D eigenvalue weighted by atomic mass is 9.92. The van der Waals surface area contributed by atoms with Gasteiger partial charge in [-0.15, -0.1) is 0 Å². The van der Waals surface area contributed by atoms with Crippen molar-refractivity contribution < 1.29 is 18.0 Å². The van der Waals surface area contributed by atoms with Crippen molar-refractivity contribution in [3.63, 3.8) is 0 Å². The summed E-state index contributed by atoms with van der Waals surface area (Å²) in [7, 11) is 0. The topological polar surface area (TPSA) is 72.1 Å². The van der Waals surface area contributed by atoms with Gasteiger partial charge in [0, 0.05) is 5.56 Å². The first-order chi connectivity index (χ1) is 11.2. The van der Waals surface area contributed by atoms with E-state index >= 15 is 0 Å². The first-order valence-electron chi connectivity index (χ1n) is 6.70. The molecule has 2 N–H and O–H groups in total. The first-order valence-corrected chi connectivity index (χ1v) is 7.46. The molecule has 1 aromatic heterocycles. The van der Waals surface area contributed by atoms with Crippen molar-refractivity contribution >= 4 is 40.9 Å². The first kappa shape index (κ1) is 16.8. The van der Waals surface area contributed by atoms with Crippen LogP contribution in [0.15, 0.2) is 18.2 Å². The molecule has 5 nitrogen and oxygen atoms in total. The number of nitrogens with two attached hydrogens (primary N) is 1. The van der Waals surface area contributed by atoms with Crippen LogP contribution >= 0.6 is 23.2 Å². The highest BCUT2D eigenvalue weighted by Gasteiger charge is 2.40. The van der Waals surface area contributed by atoms with E-state index in [0.29, 0.717) is 11.3 Å². The van der Waals surface area contributed by atoms with E-state index in [4.69, 9.17) is 28.9 Å². The smallest absolute Gasteiger partial charge is 0.351 e. The van der Waals surface area contributed by atoms with Crippen LogP contribution in [0.4, 0.5) is 29.6 Å². The quantitative estimate of drug-likeness (QED) is 0.856. The lowest BCUT2D eigenvalue weighted by molar-refractivity contribution is -0.142. The summed E-state index contributed by atoms with van der Waals surface area (Å²) in [5.41, 5.74) is 4.42. The summed E-state index contributed by atoms with van der Waals surface area (Å²) in [5.74, 6) is -0.511. The molecule has 1 heterocycles. The molecule has 1 aromatic carbocycles.